The van der Waals surface area contributed by atoms with E-state index in [1.54, 1.807) is 30.8 Å². The van der Waals surface area contributed by atoms with Gasteiger partial charge in [-0.25, -0.2) is 4.39 Å². The van der Waals surface area contributed by atoms with Gasteiger partial charge < -0.3 is 10.1 Å². The number of hydrogen-bond acceptors (Lipinski definition) is 4. The van der Waals surface area contributed by atoms with E-state index in [4.69, 9.17) is 4.74 Å². The first-order valence-corrected chi connectivity index (χ1v) is 7.23. The van der Waals surface area contributed by atoms with Crippen molar-refractivity contribution in [2.75, 3.05) is 18.7 Å². The number of carbonyl (C=O) groups excluding carboxylic acids is 1. The second-order valence-electron chi connectivity index (χ2n) is 4.36. The van der Waals surface area contributed by atoms with Crippen LogP contribution >= 0.6 is 11.8 Å². The third-order valence-electron chi connectivity index (χ3n) is 3.06. The Bertz CT molecular complexity index is 464. The van der Waals surface area contributed by atoms with Crippen LogP contribution in [0.4, 0.5) is 4.39 Å². The van der Waals surface area contributed by atoms with Crippen LogP contribution in [0.15, 0.2) is 18.2 Å². The number of nitrogens with one attached hydrogen (secondary N) is 2. The number of thioether (sulfide) groups is 1. The fourth-order valence-corrected chi connectivity index (χ4v) is 3.01. The molecule has 2 N–H and O–H groups in total. The third-order valence-corrected chi connectivity index (χ3v) is 4.00. The van der Waals surface area contributed by atoms with Crippen LogP contribution in [0.2, 0.25) is 0 Å². The monoisotopic (exact) mass is 284 g/mol. The van der Waals surface area contributed by atoms with Crippen molar-refractivity contribution in [2.24, 2.45) is 0 Å². The molecule has 0 bridgehead atoms. The summed E-state index contributed by atoms with van der Waals surface area (Å²) >= 11 is 1.67. The molecule has 0 saturated carbocycles. The molecule has 1 fully saturated rings. The Morgan fingerprint density at radius 2 is 2.42 bits per heavy atom. The number of ether oxygens (including phenoxy) is 1. The number of halogens is 1. The number of amides is 1. The average Bonchev–Trinajstić information content (AvgIpc) is 2.92. The molecule has 1 amide bonds. The van der Waals surface area contributed by atoms with Crippen molar-refractivity contribution in [1.29, 1.82) is 0 Å². The highest BCUT2D eigenvalue weighted by molar-refractivity contribution is 7.99. The molecule has 0 radical (unpaired) electrons. The van der Waals surface area contributed by atoms with Gasteiger partial charge in [-0.2, -0.15) is 0 Å². The van der Waals surface area contributed by atoms with E-state index in [9.17, 15) is 9.18 Å². The topological polar surface area (TPSA) is 50.4 Å². The van der Waals surface area contributed by atoms with Crippen LogP contribution in [0.5, 0.6) is 5.75 Å². The van der Waals surface area contributed by atoms with Crippen LogP contribution in [0, 0.1) is 5.82 Å². The Hall–Kier alpha value is -1.27. The van der Waals surface area contributed by atoms with Gasteiger partial charge in [0.05, 0.1) is 24.8 Å². The van der Waals surface area contributed by atoms with Crippen molar-refractivity contribution in [2.45, 2.75) is 19.0 Å². The van der Waals surface area contributed by atoms with Crippen LogP contribution in [-0.4, -0.2) is 30.7 Å². The van der Waals surface area contributed by atoms with E-state index in [-0.39, 0.29) is 17.8 Å². The first kappa shape index (κ1) is 14.1. The van der Waals surface area contributed by atoms with E-state index in [1.165, 1.54) is 13.2 Å². The van der Waals surface area contributed by atoms with E-state index in [0.717, 1.165) is 11.6 Å². The molecule has 1 aromatic carbocycles. The summed E-state index contributed by atoms with van der Waals surface area (Å²) in [6.45, 7) is 1.75. The molecule has 1 aromatic rings. The predicted molar refractivity (Wildman–Crippen MR) is 73.8 cm³/mol. The second kappa shape index (κ2) is 6.25. The lowest BCUT2D eigenvalue weighted by molar-refractivity contribution is -0.123. The van der Waals surface area contributed by atoms with Gasteiger partial charge in [0, 0.05) is 11.6 Å². The molecule has 4 nitrogen and oxygen atoms in total. The van der Waals surface area contributed by atoms with Gasteiger partial charge in [-0.15, -0.1) is 11.8 Å². The Labute approximate surface area is 116 Å². The van der Waals surface area contributed by atoms with Crippen LogP contribution in [0.3, 0.4) is 0 Å². The van der Waals surface area contributed by atoms with E-state index in [0.29, 0.717) is 11.3 Å². The van der Waals surface area contributed by atoms with Crippen LogP contribution in [0.1, 0.15) is 18.5 Å². The number of carbonyl (C=O) groups is 1. The van der Waals surface area contributed by atoms with Gasteiger partial charge in [0.25, 0.3) is 0 Å². The lowest BCUT2D eigenvalue weighted by atomic mass is 10.1. The SMILES string of the molecule is COc1cccc(F)c1[C@@H](C)NC(=O)[C@@H]1CSCN1. The number of benzene rings is 1. The van der Waals surface area contributed by atoms with E-state index < -0.39 is 6.04 Å². The minimum absolute atomic E-state index is 0.109. The maximum absolute atomic E-state index is 13.9. The Kier molecular flexibility index (Phi) is 4.66. The van der Waals surface area contributed by atoms with Gasteiger partial charge >= 0.3 is 0 Å². The Morgan fingerprint density at radius 1 is 1.63 bits per heavy atom. The van der Waals surface area contributed by atoms with Crippen LogP contribution in [-0.2, 0) is 4.79 Å². The lowest BCUT2D eigenvalue weighted by Crippen LogP contribution is -2.43. The molecular formula is C13H17FN2O2S. The van der Waals surface area contributed by atoms with E-state index in [2.05, 4.69) is 10.6 Å². The van der Waals surface area contributed by atoms with Crippen molar-refractivity contribution in [1.82, 2.24) is 10.6 Å². The molecule has 1 saturated heterocycles. The van der Waals surface area contributed by atoms with Crippen molar-refractivity contribution in [3.8, 4) is 5.75 Å². The maximum atomic E-state index is 13.9. The van der Waals surface area contributed by atoms with Crippen molar-refractivity contribution in [3.05, 3.63) is 29.6 Å². The van der Waals surface area contributed by atoms with Gasteiger partial charge in [-0.3, -0.25) is 10.1 Å². The van der Waals surface area contributed by atoms with E-state index >= 15 is 0 Å². The van der Waals surface area contributed by atoms with Crippen LogP contribution in [0.25, 0.3) is 0 Å². The highest BCUT2D eigenvalue weighted by Crippen LogP contribution is 2.27. The summed E-state index contributed by atoms with van der Waals surface area (Å²) in [5.74, 6) is 1.48. The molecule has 0 aromatic heterocycles. The summed E-state index contributed by atoms with van der Waals surface area (Å²) in [4.78, 5) is 12.0. The molecule has 6 heteroatoms. The van der Waals surface area contributed by atoms with Crippen molar-refractivity contribution in [3.63, 3.8) is 0 Å². The highest BCUT2D eigenvalue weighted by atomic mass is 32.2. The summed E-state index contributed by atoms with van der Waals surface area (Å²) in [5, 5.41) is 5.90. The van der Waals surface area contributed by atoms with E-state index in [1.807, 2.05) is 0 Å². The van der Waals surface area contributed by atoms with Gasteiger partial charge in [0.2, 0.25) is 5.91 Å². The number of methoxy groups -OCH3 is 1. The molecule has 19 heavy (non-hydrogen) atoms. The zero-order valence-electron chi connectivity index (χ0n) is 10.9. The van der Waals surface area contributed by atoms with Crippen molar-refractivity contribution >= 4 is 17.7 Å². The first-order valence-electron chi connectivity index (χ1n) is 6.07. The molecule has 2 atom stereocenters. The fourth-order valence-electron chi connectivity index (χ4n) is 2.07. The second-order valence-corrected chi connectivity index (χ2v) is 5.39. The van der Waals surface area contributed by atoms with Gasteiger partial charge in [0.1, 0.15) is 11.6 Å². The minimum Gasteiger partial charge on any atom is -0.496 e. The Morgan fingerprint density at radius 3 is 3.05 bits per heavy atom. The molecule has 1 aliphatic heterocycles. The summed E-state index contributed by atoms with van der Waals surface area (Å²) in [7, 11) is 1.49. The number of rotatable bonds is 4. The molecule has 0 spiro atoms. The average molecular weight is 284 g/mol. The van der Waals surface area contributed by atoms with Gasteiger partial charge in [0.15, 0.2) is 0 Å². The standard InChI is InChI=1S/C13H17FN2O2S/c1-8(16-13(17)10-6-19-7-15-10)12-9(14)4-3-5-11(12)18-2/h3-5,8,10,15H,6-7H2,1-2H3,(H,16,17)/t8-,10+/m1/s1. The summed E-state index contributed by atoms with van der Waals surface area (Å²) < 4.78 is 19.0. The largest absolute Gasteiger partial charge is 0.496 e. The molecule has 1 aliphatic rings. The quantitative estimate of drug-likeness (QED) is 0.883. The van der Waals surface area contributed by atoms with Crippen LogP contribution < -0.4 is 15.4 Å². The molecule has 104 valence electrons. The molecular weight excluding hydrogens is 267 g/mol. The predicted octanol–water partition coefficient (Wildman–Crippen LogP) is 1.67. The normalized spacial score (nSPS) is 20.1. The molecule has 0 unspecified atom stereocenters. The lowest BCUT2D eigenvalue weighted by Gasteiger charge is -2.19. The molecule has 2 rings (SSSR count). The van der Waals surface area contributed by atoms with Gasteiger partial charge in [-0.1, -0.05) is 6.07 Å². The molecule has 0 aliphatic carbocycles. The maximum Gasteiger partial charge on any atom is 0.238 e. The number of hydrogen-bond donors (Lipinski definition) is 2. The minimum atomic E-state index is -0.434. The first-order chi connectivity index (χ1) is 9.13. The highest BCUT2D eigenvalue weighted by Gasteiger charge is 2.25. The molecule has 1 heterocycles. The summed E-state index contributed by atoms with van der Waals surface area (Å²) in [5.41, 5.74) is 0.379. The Balaban J connectivity index is 2.11. The van der Waals surface area contributed by atoms with Crippen molar-refractivity contribution < 1.29 is 13.9 Å². The third kappa shape index (κ3) is 3.19. The van der Waals surface area contributed by atoms with Gasteiger partial charge in [-0.05, 0) is 19.1 Å². The fraction of sp³-hybridized carbons (Fsp3) is 0.462. The summed E-state index contributed by atoms with van der Waals surface area (Å²) in [6.07, 6.45) is 0. The smallest absolute Gasteiger partial charge is 0.238 e. The zero-order chi connectivity index (χ0) is 13.8. The zero-order valence-corrected chi connectivity index (χ0v) is 11.7. The summed E-state index contributed by atoms with van der Waals surface area (Å²) in [6, 6.07) is 4.00.